The van der Waals surface area contributed by atoms with Gasteiger partial charge in [0.2, 0.25) is 0 Å². The van der Waals surface area contributed by atoms with Crippen molar-refractivity contribution in [1.82, 2.24) is 0 Å². The van der Waals surface area contributed by atoms with Gasteiger partial charge in [-0.2, -0.15) is 0 Å². The Balaban J connectivity index is 1.52. The molecule has 2 rings (SSSR count). The van der Waals surface area contributed by atoms with Crippen LogP contribution in [0.2, 0.25) is 0 Å². The second-order valence-corrected chi connectivity index (χ2v) is 4.83. The van der Waals surface area contributed by atoms with Crippen LogP contribution in [0.4, 0.5) is 0 Å². The van der Waals surface area contributed by atoms with E-state index in [9.17, 15) is 0 Å². The molecule has 2 fully saturated rings. The molecule has 1 saturated heterocycles. The summed E-state index contributed by atoms with van der Waals surface area (Å²) in [6.07, 6.45) is 5.64. The summed E-state index contributed by atoms with van der Waals surface area (Å²) in [5.41, 5.74) is 0. The second-order valence-electron chi connectivity index (χ2n) is 4.83. The van der Waals surface area contributed by atoms with Crippen LogP contribution in [0.5, 0.6) is 0 Å². The van der Waals surface area contributed by atoms with Crippen molar-refractivity contribution in [3.63, 3.8) is 0 Å². The van der Waals surface area contributed by atoms with E-state index in [1.165, 1.54) is 25.7 Å². The van der Waals surface area contributed by atoms with Crippen LogP contribution in [0.3, 0.4) is 0 Å². The first kappa shape index (κ1) is 11.4. The number of ether oxygens (including phenoxy) is 3. The maximum Gasteiger partial charge on any atom is 0.104 e. The molecule has 0 aromatic rings. The van der Waals surface area contributed by atoms with Crippen molar-refractivity contribution < 1.29 is 14.2 Å². The first-order valence-corrected chi connectivity index (χ1v) is 6.06. The molecule has 1 saturated carbocycles. The van der Waals surface area contributed by atoms with Gasteiger partial charge < -0.3 is 14.2 Å². The summed E-state index contributed by atoms with van der Waals surface area (Å²) >= 11 is 0. The fraction of sp³-hybridized carbons (Fsp3) is 1.00. The zero-order valence-electron chi connectivity index (χ0n) is 9.61. The zero-order chi connectivity index (χ0) is 10.5. The largest absolute Gasteiger partial charge is 0.384 e. The fourth-order valence-corrected chi connectivity index (χ4v) is 2.33. The van der Waals surface area contributed by atoms with Crippen molar-refractivity contribution in [2.24, 2.45) is 11.8 Å². The van der Waals surface area contributed by atoms with Gasteiger partial charge in [0.25, 0.3) is 0 Å². The topological polar surface area (TPSA) is 31.0 Å². The summed E-state index contributed by atoms with van der Waals surface area (Å²) in [5.74, 6) is 1.56. The van der Waals surface area contributed by atoms with Crippen LogP contribution in [0.15, 0.2) is 0 Å². The summed E-state index contributed by atoms with van der Waals surface area (Å²) in [5, 5.41) is 0. The Hall–Kier alpha value is -0.120. The van der Waals surface area contributed by atoms with Gasteiger partial charge in [0.1, 0.15) is 6.10 Å². The Morgan fingerprint density at radius 2 is 1.60 bits per heavy atom. The Morgan fingerprint density at radius 3 is 2.13 bits per heavy atom. The highest BCUT2D eigenvalue weighted by Crippen LogP contribution is 2.29. The predicted octanol–water partition coefficient (Wildman–Crippen LogP) is 1.85. The van der Waals surface area contributed by atoms with Crippen LogP contribution in [-0.4, -0.2) is 39.6 Å². The van der Waals surface area contributed by atoms with E-state index in [2.05, 4.69) is 0 Å². The number of methoxy groups -OCH3 is 1. The van der Waals surface area contributed by atoms with Gasteiger partial charge in [-0.05, 0) is 37.5 Å². The molecule has 88 valence electrons. The monoisotopic (exact) mass is 214 g/mol. The smallest absolute Gasteiger partial charge is 0.104 e. The van der Waals surface area contributed by atoms with Crippen LogP contribution >= 0.6 is 0 Å². The van der Waals surface area contributed by atoms with E-state index in [1.54, 1.807) is 7.11 Å². The molecule has 15 heavy (non-hydrogen) atoms. The second kappa shape index (κ2) is 5.83. The molecule has 2 aliphatic rings. The van der Waals surface area contributed by atoms with Crippen LogP contribution in [-0.2, 0) is 14.2 Å². The molecule has 0 N–H and O–H groups in total. The molecule has 1 unspecified atom stereocenters. The number of hydrogen-bond acceptors (Lipinski definition) is 3. The summed E-state index contributed by atoms with van der Waals surface area (Å²) in [6.45, 7) is 3.57. The SMILES string of the molecule is COCC1CCC(COCC2CO2)CC1. The summed E-state index contributed by atoms with van der Waals surface area (Å²) < 4.78 is 15.9. The Labute approximate surface area is 92.1 Å². The molecule has 0 aromatic heterocycles. The van der Waals surface area contributed by atoms with E-state index < -0.39 is 0 Å². The lowest BCUT2D eigenvalue weighted by Gasteiger charge is -2.27. The highest BCUT2D eigenvalue weighted by atomic mass is 16.6. The van der Waals surface area contributed by atoms with Gasteiger partial charge in [0.15, 0.2) is 0 Å². The van der Waals surface area contributed by atoms with Crippen LogP contribution in [0.1, 0.15) is 25.7 Å². The average molecular weight is 214 g/mol. The van der Waals surface area contributed by atoms with Gasteiger partial charge in [-0.15, -0.1) is 0 Å². The highest BCUT2D eigenvalue weighted by Gasteiger charge is 2.24. The molecule has 1 atom stereocenters. The number of epoxide rings is 1. The molecule has 1 aliphatic heterocycles. The van der Waals surface area contributed by atoms with E-state index in [0.29, 0.717) is 6.10 Å². The van der Waals surface area contributed by atoms with E-state index in [0.717, 1.165) is 38.3 Å². The molecule has 3 heteroatoms. The average Bonchev–Trinajstić information content (AvgIpc) is 3.05. The third-order valence-corrected chi connectivity index (χ3v) is 3.43. The molecule has 1 aliphatic carbocycles. The fourth-order valence-electron chi connectivity index (χ4n) is 2.33. The van der Waals surface area contributed by atoms with E-state index >= 15 is 0 Å². The summed E-state index contributed by atoms with van der Waals surface area (Å²) in [6, 6.07) is 0. The zero-order valence-corrected chi connectivity index (χ0v) is 9.61. The van der Waals surface area contributed by atoms with Crippen molar-refractivity contribution in [3.05, 3.63) is 0 Å². The Morgan fingerprint density at radius 1 is 1.00 bits per heavy atom. The van der Waals surface area contributed by atoms with Gasteiger partial charge in [-0.1, -0.05) is 0 Å². The molecule has 3 nitrogen and oxygen atoms in total. The molecule has 0 amide bonds. The van der Waals surface area contributed by atoms with E-state index in [4.69, 9.17) is 14.2 Å². The third-order valence-electron chi connectivity index (χ3n) is 3.43. The Kier molecular flexibility index (Phi) is 4.42. The third kappa shape index (κ3) is 4.09. The van der Waals surface area contributed by atoms with E-state index in [-0.39, 0.29) is 0 Å². The lowest BCUT2D eigenvalue weighted by Crippen LogP contribution is -2.22. The van der Waals surface area contributed by atoms with E-state index in [1.807, 2.05) is 0 Å². The molecule has 0 spiro atoms. The molecular formula is C12H22O3. The summed E-state index contributed by atoms with van der Waals surface area (Å²) in [7, 11) is 1.80. The lowest BCUT2D eigenvalue weighted by atomic mass is 9.83. The maximum absolute atomic E-state index is 5.64. The van der Waals surface area contributed by atoms with Gasteiger partial charge in [-0.25, -0.2) is 0 Å². The first-order chi connectivity index (χ1) is 7.38. The van der Waals surface area contributed by atoms with Gasteiger partial charge in [0.05, 0.1) is 13.2 Å². The highest BCUT2D eigenvalue weighted by molar-refractivity contribution is 4.73. The molecule has 0 radical (unpaired) electrons. The number of hydrogen-bond donors (Lipinski definition) is 0. The minimum Gasteiger partial charge on any atom is -0.384 e. The molecule has 0 bridgehead atoms. The minimum atomic E-state index is 0.412. The van der Waals surface area contributed by atoms with Crippen LogP contribution in [0, 0.1) is 11.8 Å². The van der Waals surface area contributed by atoms with Crippen molar-refractivity contribution in [1.29, 1.82) is 0 Å². The van der Waals surface area contributed by atoms with Gasteiger partial charge in [0, 0.05) is 20.3 Å². The minimum absolute atomic E-state index is 0.412. The van der Waals surface area contributed by atoms with Gasteiger partial charge in [-0.3, -0.25) is 0 Å². The first-order valence-electron chi connectivity index (χ1n) is 6.06. The predicted molar refractivity (Wildman–Crippen MR) is 57.9 cm³/mol. The number of rotatable bonds is 6. The lowest BCUT2D eigenvalue weighted by molar-refractivity contribution is 0.0555. The van der Waals surface area contributed by atoms with Crippen LogP contribution < -0.4 is 0 Å². The molecule has 1 heterocycles. The van der Waals surface area contributed by atoms with Crippen molar-refractivity contribution in [3.8, 4) is 0 Å². The molecular weight excluding hydrogens is 192 g/mol. The quantitative estimate of drug-likeness (QED) is 0.632. The van der Waals surface area contributed by atoms with Gasteiger partial charge >= 0.3 is 0 Å². The maximum atomic E-state index is 5.64. The van der Waals surface area contributed by atoms with Crippen molar-refractivity contribution >= 4 is 0 Å². The van der Waals surface area contributed by atoms with Crippen molar-refractivity contribution in [2.45, 2.75) is 31.8 Å². The van der Waals surface area contributed by atoms with Crippen LogP contribution in [0.25, 0.3) is 0 Å². The standard InChI is InChI=1S/C12H22O3/c1-13-6-10-2-4-11(5-3-10)7-14-8-12-9-15-12/h10-12H,2-9H2,1H3. The normalized spacial score (nSPS) is 35.4. The molecule has 0 aromatic carbocycles. The Bertz CT molecular complexity index is 172. The summed E-state index contributed by atoms with van der Waals surface area (Å²) in [4.78, 5) is 0. The van der Waals surface area contributed by atoms with Crippen molar-refractivity contribution in [2.75, 3.05) is 33.5 Å².